The van der Waals surface area contributed by atoms with E-state index in [4.69, 9.17) is 4.42 Å². The molecule has 0 bridgehead atoms. The van der Waals surface area contributed by atoms with Crippen molar-refractivity contribution in [2.45, 2.75) is 12.8 Å². The number of H-pyrrole nitrogens is 1. The number of aromatic amines is 1. The van der Waals surface area contributed by atoms with Crippen molar-refractivity contribution in [2.24, 2.45) is 0 Å². The Morgan fingerprint density at radius 3 is 2.83 bits per heavy atom. The zero-order valence-corrected chi connectivity index (χ0v) is 12.0. The van der Waals surface area contributed by atoms with Crippen LogP contribution in [0.4, 0.5) is 4.39 Å². The number of rotatable bonds is 6. The van der Waals surface area contributed by atoms with Crippen LogP contribution in [0, 0.1) is 5.82 Å². The molecule has 7 heteroatoms. The molecule has 0 saturated carbocycles. The van der Waals surface area contributed by atoms with Crippen LogP contribution in [0.25, 0.3) is 0 Å². The lowest BCUT2D eigenvalue weighted by Gasteiger charge is -1.99. The molecule has 0 aliphatic heterocycles. The van der Waals surface area contributed by atoms with Gasteiger partial charge in [-0.15, -0.1) is 5.10 Å². The highest BCUT2D eigenvalue weighted by atomic mass is 19.1. The molecule has 0 unspecified atom stereocenters. The summed E-state index contributed by atoms with van der Waals surface area (Å²) in [4.78, 5) is 27.3. The van der Waals surface area contributed by atoms with Gasteiger partial charge >= 0.3 is 0 Å². The molecule has 2 aromatic heterocycles. The number of hydrogen-bond donors (Lipinski definition) is 1. The normalized spacial score (nSPS) is 10.7. The lowest BCUT2D eigenvalue weighted by Crippen LogP contribution is -2.17. The van der Waals surface area contributed by atoms with Gasteiger partial charge in [-0.3, -0.25) is 14.7 Å². The maximum Gasteiger partial charge on any atom is 0.267 e. The molecule has 0 aliphatic carbocycles. The molecule has 0 radical (unpaired) electrons. The number of carbonyl (C=O) groups excluding carboxylic acids is 2. The highest BCUT2D eigenvalue weighted by molar-refractivity contribution is 6.43. The van der Waals surface area contributed by atoms with Crippen molar-refractivity contribution in [2.75, 3.05) is 0 Å². The van der Waals surface area contributed by atoms with Crippen molar-refractivity contribution in [1.82, 2.24) is 15.2 Å². The van der Waals surface area contributed by atoms with E-state index in [0.29, 0.717) is 16.9 Å². The van der Waals surface area contributed by atoms with Crippen LogP contribution in [-0.2, 0) is 17.6 Å². The van der Waals surface area contributed by atoms with Gasteiger partial charge in [0.15, 0.2) is 0 Å². The fourth-order valence-electron chi connectivity index (χ4n) is 2.15. The molecule has 0 saturated heterocycles. The number of benzene rings is 1. The number of nitrogens with zero attached hydrogens (tertiary/aromatic N) is 2. The molecular formula is C16H12FN3O3. The van der Waals surface area contributed by atoms with Crippen molar-refractivity contribution in [3.63, 3.8) is 0 Å². The minimum Gasteiger partial charge on any atom is -0.469 e. The number of halogens is 1. The number of Topliss-reactive ketones (excluding diaryl/α,β-unsaturated/α-hetero) is 2. The van der Waals surface area contributed by atoms with Gasteiger partial charge in [0, 0.05) is 12.8 Å². The smallest absolute Gasteiger partial charge is 0.267 e. The average Bonchev–Trinajstić information content (AvgIpc) is 3.21. The highest BCUT2D eigenvalue weighted by Gasteiger charge is 2.20. The average molecular weight is 313 g/mol. The minimum atomic E-state index is -0.761. The lowest BCUT2D eigenvalue weighted by atomic mass is 10.1. The van der Waals surface area contributed by atoms with Gasteiger partial charge in [0.1, 0.15) is 17.9 Å². The summed E-state index contributed by atoms with van der Waals surface area (Å²) in [5.41, 5.74) is 1.04. The predicted octanol–water partition coefficient (Wildman–Crippen LogP) is 2.12. The second-order valence-electron chi connectivity index (χ2n) is 4.94. The Morgan fingerprint density at radius 2 is 2.09 bits per heavy atom. The third-order valence-corrected chi connectivity index (χ3v) is 3.27. The topological polar surface area (TPSA) is 88.9 Å². The number of hydrogen-bond acceptors (Lipinski definition) is 5. The zero-order chi connectivity index (χ0) is 16.2. The summed E-state index contributed by atoms with van der Waals surface area (Å²) in [7, 11) is 0. The van der Waals surface area contributed by atoms with E-state index >= 15 is 0 Å². The third kappa shape index (κ3) is 3.39. The Labute approximate surface area is 130 Å². The van der Waals surface area contributed by atoms with Gasteiger partial charge in [-0.2, -0.15) is 0 Å². The maximum absolute atomic E-state index is 13.6. The van der Waals surface area contributed by atoms with E-state index in [2.05, 4.69) is 15.2 Å². The molecule has 3 aromatic rings. The van der Waals surface area contributed by atoms with Crippen molar-refractivity contribution < 1.29 is 18.4 Å². The predicted molar refractivity (Wildman–Crippen MR) is 77.3 cm³/mol. The molecule has 0 amide bonds. The summed E-state index contributed by atoms with van der Waals surface area (Å²) >= 11 is 0. The molecule has 3 rings (SSSR count). The second kappa shape index (κ2) is 6.35. The Morgan fingerprint density at radius 1 is 1.26 bits per heavy atom. The van der Waals surface area contributed by atoms with Crippen LogP contribution in [0.15, 0.2) is 47.3 Å². The quantitative estimate of drug-likeness (QED) is 0.556. The van der Waals surface area contributed by atoms with E-state index in [9.17, 15) is 14.0 Å². The first-order valence-electron chi connectivity index (χ1n) is 6.86. The summed E-state index contributed by atoms with van der Waals surface area (Å²) in [6.07, 6.45) is 2.77. The van der Waals surface area contributed by atoms with Crippen LogP contribution in [0.3, 0.4) is 0 Å². The lowest BCUT2D eigenvalue weighted by molar-refractivity contribution is -0.114. The molecule has 0 aliphatic rings. The third-order valence-electron chi connectivity index (χ3n) is 3.27. The van der Waals surface area contributed by atoms with Crippen molar-refractivity contribution in [3.05, 3.63) is 71.5 Å². The van der Waals surface area contributed by atoms with Gasteiger partial charge in [0.25, 0.3) is 5.78 Å². The van der Waals surface area contributed by atoms with E-state index in [0.717, 1.165) is 0 Å². The molecule has 1 aromatic carbocycles. The Hall–Kier alpha value is -3.09. The van der Waals surface area contributed by atoms with Gasteiger partial charge in [-0.05, 0) is 23.3 Å². The van der Waals surface area contributed by atoms with Crippen LogP contribution in [-0.4, -0.2) is 26.7 Å². The monoisotopic (exact) mass is 313 g/mol. The first-order chi connectivity index (χ1) is 11.1. The van der Waals surface area contributed by atoms with E-state index < -0.39 is 11.6 Å². The number of nitrogens with one attached hydrogen (secondary N) is 1. The summed E-state index contributed by atoms with van der Waals surface area (Å²) in [5.74, 6) is -1.36. The molecule has 0 atom stereocenters. The van der Waals surface area contributed by atoms with Crippen molar-refractivity contribution in [3.8, 4) is 0 Å². The Kier molecular flexibility index (Phi) is 4.09. The number of ketones is 2. The molecule has 0 spiro atoms. The highest BCUT2D eigenvalue weighted by Crippen LogP contribution is 2.16. The van der Waals surface area contributed by atoms with Crippen LogP contribution < -0.4 is 0 Å². The summed E-state index contributed by atoms with van der Waals surface area (Å²) in [6, 6.07) is 8.02. The Bertz CT molecular complexity index is 840. The van der Waals surface area contributed by atoms with Gasteiger partial charge < -0.3 is 4.42 Å². The summed E-state index contributed by atoms with van der Waals surface area (Å²) in [5, 5.41) is 5.96. The molecule has 0 fully saturated rings. The van der Waals surface area contributed by atoms with Gasteiger partial charge in [-0.25, -0.2) is 9.37 Å². The van der Waals surface area contributed by atoms with E-state index in [-0.39, 0.29) is 24.5 Å². The largest absolute Gasteiger partial charge is 0.469 e. The van der Waals surface area contributed by atoms with Crippen molar-refractivity contribution >= 4 is 11.6 Å². The fourth-order valence-corrected chi connectivity index (χ4v) is 2.15. The van der Waals surface area contributed by atoms with E-state index in [1.807, 2.05) is 0 Å². The zero-order valence-electron chi connectivity index (χ0n) is 12.0. The van der Waals surface area contributed by atoms with Gasteiger partial charge in [0.2, 0.25) is 11.6 Å². The van der Waals surface area contributed by atoms with Gasteiger partial charge in [0.05, 0.1) is 6.26 Å². The number of furan rings is 1. The minimum absolute atomic E-state index is 0.117. The second-order valence-corrected chi connectivity index (χ2v) is 4.94. The molecule has 6 nitrogen and oxygen atoms in total. The molecule has 116 valence electrons. The molecule has 23 heavy (non-hydrogen) atoms. The van der Waals surface area contributed by atoms with Crippen LogP contribution >= 0.6 is 0 Å². The van der Waals surface area contributed by atoms with Crippen molar-refractivity contribution in [1.29, 1.82) is 0 Å². The van der Waals surface area contributed by atoms with Gasteiger partial charge in [-0.1, -0.05) is 18.2 Å². The van der Waals surface area contributed by atoms with Crippen LogP contribution in [0.5, 0.6) is 0 Å². The van der Waals surface area contributed by atoms with Crippen LogP contribution in [0.1, 0.15) is 27.5 Å². The first-order valence-corrected chi connectivity index (χ1v) is 6.86. The van der Waals surface area contributed by atoms with E-state index in [1.165, 1.54) is 18.7 Å². The SMILES string of the molecule is O=C(Cc1coc(Cc2ccccc2F)c1)C(=O)c1nc[nH]n1. The molecule has 2 heterocycles. The first kappa shape index (κ1) is 14.8. The summed E-state index contributed by atoms with van der Waals surface area (Å²) in [6.45, 7) is 0. The number of aromatic nitrogens is 3. The molecule has 1 N–H and O–H groups in total. The van der Waals surface area contributed by atoms with Crippen LogP contribution in [0.2, 0.25) is 0 Å². The number of carbonyl (C=O) groups is 2. The Balaban J connectivity index is 1.67. The fraction of sp³-hybridized carbons (Fsp3) is 0.125. The molecular weight excluding hydrogens is 301 g/mol. The van der Waals surface area contributed by atoms with E-state index in [1.54, 1.807) is 24.3 Å². The summed E-state index contributed by atoms with van der Waals surface area (Å²) < 4.78 is 18.9. The maximum atomic E-state index is 13.6. The standard InChI is InChI=1S/C16H12FN3O3/c17-13-4-2-1-3-11(13)7-12-5-10(8-23-12)6-14(21)15(22)16-18-9-19-20-16/h1-5,8-9H,6-7H2,(H,18,19,20).